The van der Waals surface area contributed by atoms with E-state index in [9.17, 15) is 18.3 Å². The molecule has 3 rings (SSSR count). The number of carboxylic acids is 1. The number of carboxylic acid groups (broad SMARTS) is 1. The topological polar surface area (TPSA) is 95.9 Å². The second-order valence-electron chi connectivity index (χ2n) is 6.55. The Morgan fingerprint density at radius 2 is 2.00 bits per heavy atom. The standard InChI is InChI=1S/C19H21ClN2O5S/c20-15-7-4-8-16(12-15)27-17-9-10-22(13-17)28(25,26)21-18(19(23)24)11-14-5-2-1-3-6-14/h1-8,12,17-18,21H,9-11,13H2,(H,23,24). The van der Waals surface area contributed by atoms with Crippen molar-refractivity contribution in [2.24, 2.45) is 0 Å². The Morgan fingerprint density at radius 1 is 1.25 bits per heavy atom. The average molecular weight is 425 g/mol. The maximum atomic E-state index is 12.7. The van der Waals surface area contributed by atoms with E-state index in [0.717, 1.165) is 5.56 Å². The van der Waals surface area contributed by atoms with E-state index in [0.29, 0.717) is 17.2 Å². The van der Waals surface area contributed by atoms with Crippen LogP contribution in [0, 0.1) is 0 Å². The van der Waals surface area contributed by atoms with Gasteiger partial charge < -0.3 is 9.84 Å². The molecule has 0 amide bonds. The molecule has 2 unspecified atom stereocenters. The van der Waals surface area contributed by atoms with Gasteiger partial charge in [0.15, 0.2) is 0 Å². The highest BCUT2D eigenvalue weighted by atomic mass is 35.5. The van der Waals surface area contributed by atoms with Gasteiger partial charge in [-0.15, -0.1) is 0 Å². The predicted octanol–water partition coefficient (Wildman–Crippen LogP) is 2.32. The number of nitrogens with one attached hydrogen (secondary N) is 1. The van der Waals surface area contributed by atoms with E-state index in [1.54, 1.807) is 48.5 Å². The fourth-order valence-corrected chi connectivity index (χ4v) is 4.61. The Bertz CT molecular complexity index is 923. The van der Waals surface area contributed by atoms with Gasteiger partial charge in [-0.2, -0.15) is 17.4 Å². The monoisotopic (exact) mass is 424 g/mol. The molecule has 0 radical (unpaired) electrons. The average Bonchev–Trinajstić information content (AvgIpc) is 3.11. The molecule has 0 aliphatic carbocycles. The molecule has 2 aromatic rings. The lowest BCUT2D eigenvalue weighted by molar-refractivity contribution is -0.138. The van der Waals surface area contributed by atoms with Crippen LogP contribution < -0.4 is 9.46 Å². The van der Waals surface area contributed by atoms with Crippen LogP contribution >= 0.6 is 11.6 Å². The Kier molecular flexibility index (Phi) is 6.56. The van der Waals surface area contributed by atoms with E-state index < -0.39 is 22.2 Å². The number of carbonyl (C=O) groups is 1. The third-order valence-corrected chi connectivity index (χ3v) is 6.25. The van der Waals surface area contributed by atoms with Gasteiger partial charge in [-0.05, 0) is 36.6 Å². The maximum absolute atomic E-state index is 12.7. The van der Waals surface area contributed by atoms with Crippen LogP contribution in [-0.2, 0) is 21.4 Å². The minimum atomic E-state index is -3.96. The van der Waals surface area contributed by atoms with Crippen LogP contribution in [0.15, 0.2) is 54.6 Å². The number of halogens is 1. The van der Waals surface area contributed by atoms with E-state index in [4.69, 9.17) is 16.3 Å². The smallest absolute Gasteiger partial charge is 0.322 e. The molecule has 0 spiro atoms. The zero-order valence-corrected chi connectivity index (χ0v) is 16.6. The van der Waals surface area contributed by atoms with Gasteiger partial charge in [0.2, 0.25) is 0 Å². The van der Waals surface area contributed by atoms with Gasteiger partial charge in [-0.1, -0.05) is 48.0 Å². The molecule has 1 saturated heterocycles. The molecule has 0 saturated carbocycles. The summed E-state index contributed by atoms with van der Waals surface area (Å²) in [6.45, 7) is 0.387. The quantitative estimate of drug-likeness (QED) is 0.678. The summed E-state index contributed by atoms with van der Waals surface area (Å²) in [5.74, 6) is -0.657. The zero-order valence-electron chi connectivity index (χ0n) is 15.0. The van der Waals surface area contributed by atoms with Crippen molar-refractivity contribution in [2.45, 2.75) is 25.0 Å². The van der Waals surface area contributed by atoms with Gasteiger partial charge in [-0.3, -0.25) is 4.79 Å². The number of nitrogens with zero attached hydrogens (tertiary/aromatic N) is 1. The highest BCUT2D eigenvalue weighted by Gasteiger charge is 2.35. The maximum Gasteiger partial charge on any atom is 0.322 e. The van der Waals surface area contributed by atoms with Gasteiger partial charge >= 0.3 is 5.97 Å². The molecule has 2 atom stereocenters. The van der Waals surface area contributed by atoms with Crippen LogP contribution in [0.2, 0.25) is 5.02 Å². The molecule has 1 aliphatic heterocycles. The molecular formula is C19H21ClN2O5S. The first kappa shape index (κ1) is 20.6. The van der Waals surface area contributed by atoms with Crippen molar-refractivity contribution in [2.75, 3.05) is 13.1 Å². The molecule has 0 bridgehead atoms. The van der Waals surface area contributed by atoms with Gasteiger partial charge in [0.1, 0.15) is 17.9 Å². The summed E-state index contributed by atoms with van der Waals surface area (Å²) in [7, 11) is -3.96. The first-order valence-electron chi connectivity index (χ1n) is 8.80. The van der Waals surface area contributed by atoms with Gasteiger partial charge in [0, 0.05) is 11.6 Å². The second kappa shape index (κ2) is 8.91. The summed E-state index contributed by atoms with van der Waals surface area (Å²) < 4.78 is 34.6. The van der Waals surface area contributed by atoms with E-state index in [-0.39, 0.29) is 25.6 Å². The van der Waals surface area contributed by atoms with Crippen LogP contribution in [0.3, 0.4) is 0 Å². The molecule has 2 N–H and O–H groups in total. The molecule has 28 heavy (non-hydrogen) atoms. The predicted molar refractivity (Wildman–Crippen MR) is 106 cm³/mol. The molecule has 7 nitrogen and oxygen atoms in total. The summed E-state index contributed by atoms with van der Waals surface area (Å²) in [6.07, 6.45) is 0.239. The van der Waals surface area contributed by atoms with Gasteiger partial charge in [0.05, 0.1) is 6.54 Å². The second-order valence-corrected chi connectivity index (χ2v) is 8.69. The van der Waals surface area contributed by atoms with Crippen LogP contribution in [0.25, 0.3) is 0 Å². The first-order valence-corrected chi connectivity index (χ1v) is 10.6. The van der Waals surface area contributed by atoms with Crippen molar-refractivity contribution in [1.82, 2.24) is 9.03 Å². The highest BCUT2D eigenvalue weighted by Crippen LogP contribution is 2.23. The number of ether oxygens (including phenoxy) is 1. The Hall–Kier alpha value is -2.13. The van der Waals surface area contributed by atoms with Crippen molar-refractivity contribution in [1.29, 1.82) is 0 Å². The minimum absolute atomic E-state index is 0.0612. The third-order valence-electron chi connectivity index (χ3n) is 4.42. The van der Waals surface area contributed by atoms with Crippen molar-refractivity contribution in [3.8, 4) is 5.75 Å². The Labute approximate surface area is 169 Å². The van der Waals surface area contributed by atoms with Crippen molar-refractivity contribution >= 4 is 27.8 Å². The number of hydrogen-bond donors (Lipinski definition) is 2. The number of hydrogen-bond acceptors (Lipinski definition) is 4. The number of rotatable bonds is 8. The number of benzene rings is 2. The third kappa shape index (κ3) is 5.45. The largest absolute Gasteiger partial charge is 0.489 e. The summed E-state index contributed by atoms with van der Waals surface area (Å²) in [5, 5.41) is 9.97. The van der Waals surface area contributed by atoms with E-state index in [1.807, 2.05) is 6.07 Å². The van der Waals surface area contributed by atoms with Crippen LogP contribution in [-0.4, -0.2) is 49.0 Å². The van der Waals surface area contributed by atoms with Gasteiger partial charge in [-0.25, -0.2) is 0 Å². The Morgan fingerprint density at radius 3 is 2.68 bits per heavy atom. The normalized spacial score (nSPS) is 18.7. The summed E-state index contributed by atoms with van der Waals surface area (Å²) in [4.78, 5) is 11.6. The molecule has 1 aliphatic rings. The number of aliphatic carboxylic acids is 1. The molecule has 1 fully saturated rings. The first-order chi connectivity index (χ1) is 13.3. The van der Waals surface area contributed by atoms with E-state index in [1.165, 1.54) is 4.31 Å². The summed E-state index contributed by atoms with van der Waals surface area (Å²) >= 11 is 5.93. The SMILES string of the molecule is O=C(O)C(Cc1ccccc1)NS(=O)(=O)N1CCC(Oc2cccc(Cl)c2)C1. The zero-order chi connectivity index (χ0) is 20.1. The molecule has 0 aromatic heterocycles. The molecule has 150 valence electrons. The van der Waals surface area contributed by atoms with E-state index in [2.05, 4.69) is 4.72 Å². The minimum Gasteiger partial charge on any atom is -0.489 e. The lowest BCUT2D eigenvalue weighted by Gasteiger charge is -2.21. The van der Waals surface area contributed by atoms with Crippen molar-refractivity contribution < 1.29 is 23.1 Å². The summed E-state index contributed by atoms with van der Waals surface area (Å²) in [5.41, 5.74) is 0.737. The van der Waals surface area contributed by atoms with Gasteiger partial charge in [0.25, 0.3) is 10.2 Å². The van der Waals surface area contributed by atoms with Crippen LogP contribution in [0.1, 0.15) is 12.0 Å². The highest BCUT2D eigenvalue weighted by molar-refractivity contribution is 7.87. The fourth-order valence-electron chi connectivity index (χ4n) is 3.03. The van der Waals surface area contributed by atoms with Crippen molar-refractivity contribution in [3.05, 3.63) is 65.2 Å². The fraction of sp³-hybridized carbons (Fsp3) is 0.316. The molecule has 2 aromatic carbocycles. The van der Waals surface area contributed by atoms with E-state index >= 15 is 0 Å². The lowest BCUT2D eigenvalue weighted by atomic mass is 10.1. The van der Waals surface area contributed by atoms with Crippen molar-refractivity contribution in [3.63, 3.8) is 0 Å². The molecular weight excluding hydrogens is 404 g/mol. The Balaban J connectivity index is 1.62. The van der Waals surface area contributed by atoms with Crippen LogP contribution in [0.4, 0.5) is 0 Å². The van der Waals surface area contributed by atoms with Crippen LogP contribution in [0.5, 0.6) is 5.75 Å². The molecule has 9 heteroatoms. The molecule has 1 heterocycles. The summed E-state index contributed by atoms with van der Waals surface area (Å²) in [6, 6.07) is 14.5. The lowest BCUT2D eigenvalue weighted by Crippen LogP contribution is -2.48.